The van der Waals surface area contributed by atoms with Gasteiger partial charge in [-0.15, -0.1) is 0 Å². The largest absolute Gasteiger partial charge is 0.481 e. The molecule has 0 rings (SSSR count). The number of hydrogen-bond donors (Lipinski definition) is 2. The standard InChI is InChI=1S/C21H44N2O.C2H4O2/c1-3-5-6-7-8-9-10-11-12-13-14-15-16-17-18-19-21(24)23(22)20-4-2;1-2(3)4/h3-20,22H2,1-2H3;1H3,(H,3,4). The van der Waals surface area contributed by atoms with Gasteiger partial charge in [0.1, 0.15) is 0 Å². The molecule has 168 valence electrons. The lowest BCUT2D eigenvalue weighted by atomic mass is 10.0. The molecule has 0 radical (unpaired) electrons. The molecule has 0 unspecified atom stereocenters. The van der Waals surface area contributed by atoms with Crippen LogP contribution in [0.2, 0.25) is 0 Å². The monoisotopic (exact) mass is 400 g/mol. The van der Waals surface area contributed by atoms with E-state index in [-0.39, 0.29) is 5.91 Å². The van der Waals surface area contributed by atoms with E-state index in [0.717, 1.165) is 19.8 Å². The Labute approximate surface area is 174 Å². The second kappa shape index (κ2) is 23.9. The second-order valence-corrected chi connectivity index (χ2v) is 7.81. The van der Waals surface area contributed by atoms with Gasteiger partial charge in [0.25, 0.3) is 5.97 Å². The third-order valence-corrected chi connectivity index (χ3v) is 4.78. The summed E-state index contributed by atoms with van der Waals surface area (Å²) < 4.78 is 0. The minimum atomic E-state index is -0.833. The molecule has 0 aromatic heterocycles. The molecule has 0 aliphatic carbocycles. The van der Waals surface area contributed by atoms with Crippen LogP contribution in [0.25, 0.3) is 0 Å². The summed E-state index contributed by atoms with van der Waals surface area (Å²) in [5.74, 6) is 4.94. The molecule has 0 heterocycles. The summed E-state index contributed by atoms with van der Waals surface area (Å²) in [6, 6.07) is 0. The Morgan fingerprint density at radius 1 is 0.679 bits per heavy atom. The van der Waals surface area contributed by atoms with Crippen LogP contribution in [0.15, 0.2) is 0 Å². The van der Waals surface area contributed by atoms with Gasteiger partial charge in [0.2, 0.25) is 5.91 Å². The molecule has 3 N–H and O–H groups in total. The number of nitrogens with zero attached hydrogens (tertiary/aromatic N) is 1. The van der Waals surface area contributed by atoms with Gasteiger partial charge in [-0.2, -0.15) is 0 Å². The average Bonchev–Trinajstić information content (AvgIpc) is 2.64. The lowest BCUT2D eigenvalue weighted by Crippen LogP contribution is -2.37. The molecule has 0 aliphatic rings. The molecule has 5 nitrogen and oxygen atoms in total. The first-order valence-electron chi connectivity index (χ1n) is 11.7. The molecule has 1 amide bonds. The van der Waals surface area contributed by atoms with E-state index < -0.39 is 5.97 Å². The zero-order valence-corrected chi connectivity index (χ0v) is 19.0. The van der Waals surface area contributed by atoms with Crippen molar-refractivity contribution >= 4 is 11.9 Å². The van der Waals surface area contributed by atoms with Gasteiger partial charge in [0, 0.05) is 19.9 Å². The third kappa shape index (κ3) is 27.1. The van der Waals surface area contributed by atoms with Crippen molar-refractivity contribution in [2.75, 3.05) is 6.54 Å². The maximum atomic E-state index is 11.7. The second-order valence-electron chi connectivity index (χ2n) is 7.81. The van der Waals surface area contributed by atoms with Gasteiger partial charge >= 0.3 is 0 Å². The van der Waals surface area contributed by atoms with Crippen LogP contribution in [0.1, 0.15) is 130 Å². The van der Waals surface area contributed by atoms with Gasteiger partial charge in [-0.05, 0) is 12.8 Å². The first kappa shape index (κ1) is 29.1. The van der Waals surface area contributed by atoms with E-state index in [9.17, 15) is 4.79 Å². The number of carboxylic acid groups (broad SMARTS) is 1. The van der Waals surface area contributed by atoms with E-state index in [0.29, 0.717) is 13.0 Å². The molecule has 0 saturated carbocycles. The van der Waals surface area contributed by atoms with Gasteiger partial charge in [0.05, 0.1) is 0 Å². The van der Waals surface area contributed by atoms with Crippen LogP contribution in [-0.2, 0) is 9.59 Å². The van der Waals surface area contributed by atoms with Crippen molar-refractivity contribution < 1.29 is 14.7 Å². The molecule has 0 atom stereocenters. The van der Waals surface area contributed by atoms with Crippen LogP contribution in [-0.4, -0.2) is 28.5 Å². The van der Waals surface area contributed by atoms with E-state index in [1.54, 1.807) is 0 Å². The van der Waals surface area contributed by atoms with E-state index in [2.05, 4.69) is 6.92 Å². The minimum Gasteiger partial charge on any atom is -0.481 e. The number of hydrogen-bond acceptors (Lipinski definition) is 3. The lowest BCUT2D eigenvalue weighted by Gasteiger charge is -2.15. The van der Waals surface area contributed by atoms with Gasteiger partial charge in [-0.3, -0.25) is 14.6 Å². The number of nitrogens with two attached hydrogens (primary N) is 1. The van der Waals surface area contributed by atoms with E-state index in [1.807, 2.05) is 6.92 Å². The Morgan fingerprint density at radius 3 is 1.32 bits per heavy atom. The SMILES string of the molecule is CC(=O)O.CCCCCCCCCCCCCCCCCC(=O)N(N)CCC. The molecule has 5 heteroatoms. The van der Waals surface area contributed by atoms with E-state index >= 15 is 0 Å². The smallest absolute Gasteiger partial charge is 0.300 e. The van der Waals surface area contributed by atoms with Crippen molar-refractivity contribution in [2.24, 2.45) is 5.84 Å². The highest BCUT2D eigenvalue weighted by atomic mass is 16.4. The van der Waals surface area contributed by atoms with Crippen LogP contribution in [0.3, 0.4) is 0 Å². The van der Waals surface area contributed by atoms with Crippen LogP contribution >= 0.6 is 0 Å². The number of rotatable bonds is 18. The summed E-state index contributed by atoms with van der Waals surface area (Å²) in [4.78, 5) is 20.7. The predicted molar refractivity (Wildman–Crippen MR) is 119 cm³/mol. The quantitative estimate of drug-likeness (QED) is 0.120. The molecule has 28 heavy (non-hydrogen) atoms. The number of amides is 1. The molecule has 0 fully saturated rings. The van der Waals surface area contributed by atoms with Gasteiger partial charge in [-0.1, -0.05) is 104 Å². The minimum absolute atomic E-state index is 0.103. The number of unbranched alkanes of at least 4 members (excludes halogenated alkanes) is 14. The highest BCUT2D eigenvalue weighted by Crippen LogP contribution is 2.13. The van der Waals surface area contributed by atoms with Gasteiger partial charge in [0.15, 0.2) is 0 Å². The summed E-state index contributed by atoms with van der Waals surface area (Å²) in [6.45, 7) is 6.08. The van der Waals surface area contributed by atoms with Crippen LogP contribution in [0.4, 0.5) is 0 Å². The average molecular weight is 401 g/mol. The number of aliphatic carboxylic acids is 1. The van der Waals surface area contributed by atoms with Crippen molar-refractivity contribution in [3.63, 3.8) is 0 Å². The fourth-order valence-electron chi connectivity index (χ4n) is 3.16. The third-order valence-electron chi connectivity index (χ3n) is 4.78. The summed E-state index contributed by atoms with van der Waals surface area (Å²) in [5, 5.41) is 8.80. The van der Waals surface area contributed by atoms with Crippen molar-refractivity contribution in [1.29, 1.82) is 0 Å². The summed E-state index contributed by atoms with van der Waals surface area (Å²) in [7, 11) is 0. The van der Waals surface area contributed by atoms with Gasteiger partial charge < -0.3 is 5.11 Å². The van der Waals surface area contributed by atoms with Crippen molar-refractivity contribution in [1.82, 2.24) is 5.01 Å². The first-order chi connectivity index (χ1) is 13.5. The zero-order valence-electron chi connectivity index (χ0n) is 19.0. The molecule has 0 aromatic carbocycles. The molecule has 0 aromatic rings. The van der Waals surface area contributed by atoms with E-state index in [4.69, 9.17) is 15.7 Å². The number of carbonyl (C=O) groups excluding carboxylic acids is 1. The molecule has 0 spiro atoms. The van der Waals surface area contributed by atoms with Crippen molar-refractivity contribution in [3.8, 4) is 0 Å². The number of carbonyl (C=O) groups is 2. The fraction of sp³-hybridized carbons (Fsp3) is 0.913. The Balaban J connectivity index is 0. The first-order valence-corrected chi connectivity index (χ1v) is 11.7. The summed E-state index contributed by atoms with van der Waals surface area (Å²) in [6.07, 6.45) is 21.8. The normalized spacial score (nSPS) is 10.3. The topological polar surface area (TPSA) is 83.6 Å². The van der Waals surface area contributed by atoms with Crippen molar-refractivity contribution in [3.05, 3.63) is 0 Å². The van der Waals surface area contributed by atoms with Crippen LogP contribution in [0.5, 0.6) is 0 Å². The molecule has 0 aliphatic heterocycles. The zero-order chi connectivity index (χ0) is 21.5. The maximum absolute atomic E-state index is 11.7. The molecule has 0 saturated heterocycles. The van der Waals surface area contributed by atoms with Crippen LogP contribution in [0, 0.1) is 0 Å². The Morgan fingerprint density at radius 2 is 1.00 bits per heavy atom. The number of carboxylic acids is 1. The molecular weight excluding hydrogens is 352 g/mol. The Kier molecular flexibility index (Phi) is 24.9. The highest BCUT2D eigenvalue weighted by molar-refractivity contribution is 5.75. The number of hydrazine groups is 1. The highest BCUT2D eigenvalue weighted by Gasteiger charge is 2.07. The Bertz CT molecular complexity index is 345. The van der Waals surface area contributed by atoms with Gasteiger partial charge in [-0.25, -0.2) is 5.84 Å². The predicted octanol–water partition coefficient (Wildman–Crippen LogP) is 6.45. The summed E-state index contributed by atoms with van der Waals surface area (Å²) >= 11 is 0. The summed E-state index contributed by atoms with van der Waals surface area (Å²) in [5.41, 5.74) is 0. The lowest BCUT2D eigenvalue weighted by molar-refractivity contribution is -0.134. The van der Waals surface area contributed by atoms with Crippen molar-refractivity contribution in [2.45, 2.75) is 130 Å². The molecular formula is C23H48N2O3. The fourth-order valence-corrected chi connectivity index (χ4v) is 3.16. The van der Waals surface area contributed by atoms with E-state index in [1.165, 1.54) is 94.9 Å². The van der Waals surface area contributed by atoms with Crippen LogP contribution < -0.4 is 5.84 Å². The maximum Gasteiger partial charge on any atom is 0.300 e. The Hall–Kier alpha value is -1.10. The molecule has 0 bridgehead atoms.